The number of nitrogens with zero attached hydrogens (tertiary/aromatic N) is 2. The minimum atomic E-state index is -1.11. The van der Waals surface area contributed by atoms with Crippen molar-refractivity contribution in [1.82, 2.24) is 0 Å². The third kappa shape index (κ3) is 7.18. The molecule has 12 nitrogen and oxygen atoms in total. The molecule has 3 rings (SSSR count). The molecule has 45 heavy (non-hydrogen) atoms. The van der Waals surface area contributed by atoms with Gasteiger partial charge >= 0.3 is 5.69 Å². The van der Waals surface area contributed by atoms with Gasteiger partial charge in [-0.2, -0.15) is 0 Å². The van der Waals surface area contributed by atoms with Crippen molar-refractivity contribution >= 4 is 17.2 Å². The van der Waals surface area contributed by atoms with Gasteiger partial charge < -0.3 is 24.8 Å². The average Bonchev–Trinajstić information content (AvgIpc) is 3.34. The van der Waals surface area contributed by atoms with Crippen LogP contribution in [0.4, 0.5) is 11.4 Å². The molecular weight excluding hydrogens is 584 g/mol. The van der Waals surface area contributed by atoms with E-state index in [4.69, 9.17) is 9.47 Å². The van der Waals surface area contributed by atoms with E-state index in [2.05, 4.69) is 13.8 Å². The number of phenols is 1. The van der Waals surface area contributed by atoms with Gasteiger partial charge in [0.15, 0.2) is 5.75 Å². The Morgan fingerprint density at radius 1 is 1.13 bits per heavy atom. The summed E-state index contributed by atoms with van der Waals surface area (Å²) in [4.78, 5) is 35.8. The number of ether oxygens (including phenoxy) is 2. The maximum absolute atomic E-state index is 13.9. The van der Waals surface area contributed by atoms with Crippen molar-refractivity contribution in [2.24, 2.45) is 23.7 Å². The molecule has 254 valence electrons. The van der Waals surface area contributed by atoms with E-state index in [0.29, 0.717) is 38.5 Å². The van der Waals surface area contributed by atoms with Crippen molar-refractivity contribution < 1.29 is 39.4 Å². The van der Waals surface area contributed by atoms with E-state index in [1.165, 1.54) is 6.92 Å². The van der Waals surface area contributed by atoms with Gasteiger partial charge in [0.1, 0.15) is 11.3 Å². The normalized spacial score (nSPS) is 31.2. The molecule has 2 fully saturated rings. The molecule has 2 aliphatic rings. The zero-order chi connectivity index (χ0) is 34.0. The summed E-state index contributed by atoms with van der Waals surface area (Å²) in [7, 11) is 0. The number of benzene rings is 1. The van der Waals surface area contributed by atoms with Crippen LogP contribution in [0.2, 0.25) is 0 Å². The number of aromatic hydroxyl groups is 1. The molecule has 0 saturated carbocycles. The van der Waals surface area contributed by atoms with Crippen LogP contribution < -0.4 is 0 Å². The average molecular weight is 637 g/mol. The van der Waals surface area contributed by atoms with Gasteiger partial charge in [0.05, 0.1) is 45.5 Å². The fourth-order valence-corrected chi connectivity index (χ4v) is 7.67. The highest BCUT2D eigenvalue weighted by atomic mass is 16.6. The zero-order valence-electron chi connectivity index (χ0n) is 27.9. The topological polar surface area (TPSA) is 182 Å². The number of Topliss-reactive ketones (excluding diaryl/α,β-unsaturated/α-hetero) is 1. The molecule has 2 unspecified atom stereocenters. The number of ketones is 1. The first-order valence-electron chi connectivity index (χ1n) is 16.4. The number of aliphatic hydroxyl groups excluding tert-OH is 1. The van der Waals surface area contributed by atoms with Crippen LogP contribution in [0.3, 0.4) is 0 Å². The smallest absolute Gasteiger partial charge is 0.321 e. The molecule has 3 N–H and O–H groups in total. The van der Waals surface area contributed by atoms with E-state index >= 15 is 0 Å². The van der Waals surface area contributed by atoms with Gasteiger partial charge in [0.2, 0.25) is 0 Å². The van der Waals surface area contributed by atoms with Crippen molar-refractivity contribution in [3.8, 4) is 5.75 Å². The minimum absolute atomic E-state index is 0.0255. The summed E-state index contributed by atoms with van der Waals surface area (Å²) in [5, 5.41) is 55.9. The van der Waals surface area contributed by atoms with Crippen LogP contribution in [-0.4, -0.2) is 66.6 Å². The molecule has 1 aromatic rings. The Bertz CT molecular complexity index is 1260. The van der Waals surface area contributed by atoms with Gasteiger partial charge in [-0.1, -0.05) is 41.5 Å². The Balaban J connectivity index is 1.75. The molecule has 0 aliphatic carbocycles. The lowest BCUT2D eigenvalue weighted by atomic mass is 9.76. The monoisotopic (exact) mass is 636 g/mol. The van der Waals surface area contributed by atoms with E-state index in [9.17, 15) is 40.3 Å². The standard InChI is InChI=1S/C33H52N2O10/c1-9-23(31-20(6)17-33(11-3,45-31)26-14-15-32(39,10-2)22(8)44-26)30(38)21(7)28(36)18(4)12-13-24-25(34(40)41)16-19(5)29(37)27(24)35(42)43/h16,18,20-23,26,28,31,36-37,39H,9-15,17H2,1-8H3/t18-,20+,21+,22+,23+,26?,28+,31?,32-,33+/m1/s1. The maximum atomic E-state index is 13.9. The molecule has 0 amide bonds. The highest BCUT2D eigenvalue weighted by Crippen LogP contribution is 2.48. The predicted octanol–water partition coefficient (Wildman–Crippen LogP) is 5.96. The lowest BCUT2D eigenvalue weighted by Gasteiger charge is -2.47. The van der Waals surface area contributed by atoms with Crippen molar-refractivity contribution in [2.75, 3.05) is 0 Å². The Hall–Kier alpha value is -2.67. The second kappa shape index (κ2) is 14.4. The highest BCUT2D eigenvalue weighted by molar-refractivity contribution is 5.84. The molecule has 0 aromatic heterocycles. The van der Waals surface area contributed by atoms with Crippen LogP contribution in [0.1, 0.15) is 105 Å². The third-order valence-electron chi connectivity index (χ3n) is 10.9. The van der Waals surface area contributed by atoms with E-state index in [1.54, 1.807) is 13.8 Å². The van der Waals surface area contributed by atoms with Crippen LogP contribution in [0.5, 0.6) is 5.75 Å². The van der Waals surface area contributed by atoms with Gasteiger partial charge in [-0.15, -0.1) is 0 Å². The summed E-state index contributed by atoms with van der Waals surface area (Å²) < 4.78 is 13.2. The summed E-state index contributed by atoms with van der Waals surface area (Å²) in [5.41, 5.74) is -2.80. The Kier molecular flexibility index (Phi) is 11.8. The number of nitro groups is 2. The number of hydrogen-bond acceptors (Lipinski definition) is 10. The van der Waals surface area contributed by atoms with Crippen molar-refractivity contribution in [2.45, 2.75) is 142 Å². The SMILES string of the molecule is CC[C@@H](C(=O)[C@@H](C)[C@@H](O)[C@H](C)CCc1c([N+](=O)[O-])cc(C)c(O)c1[N+](=O)[O-])C1O[C@](CC)(C2CC[C@](O)(CC)[C@H](C)O2)C[C@@H]1C. The second-order valence-corrected chi connectivity index (χ2v) is 13.6. The number of hydrogen-bond donors (Lipinski definition) is 3. The molecule has 2 aliphatic heterocycles. The van der Waals surface area contributed by atoms with Gasteiger partial charge in [-0.3, -0.25) is 25.0 Å². The quantitative estimate of drug-likeness (QED) is 0.163. The van der Waals surface area contributed by atoms with Crippen LogP contribution in [0, 0.1) is 50.8 Å². The predicted molar refractivity (Wildman–Crippen MR) is 168 cm³/mol. The molecule has 10 atom stereocenters. The molecule has 0 bridgehead atoms. The van der Waals surface area contributed by atoms with Crippen molar-refractivity contribution in [1.29, 1.82) is 0 Å². The van der Waals surface area contributed by atoms with Crippen molar-refractivity contribution in [3.63, 3.8) is 0 Å². The van der Waals surface area contributed by atoms with Gasteiger partial charge in [0.25, 0.3) is 5.69 Å². The van der Waals surface area contributed by atoms with Crippen LogP contribution in [-0.2, 0) is 20.7 Å². The largest absolute Gasteiger partial charge is 0.502 e. The van der Waals surface area contributed by atoms with Gasteiger partial charge in [0, 0.05) is 23.5 Å². The minimum Gasteiger partial charge on any atom is -0.502 e. The summed E-state index contributed by atoms with van der Waals surface area (Å²) in [6.07, 6.45) is 1.77. The molecule has 2 saturated heterocycles. The molecule has 12 heteroatoms. The lowest BCUT2D eigenvalue weighted by molar-refractivity contribution is -0.396. The third-order valence-corrected chi connectivity index (χ3v) is 10.9. The highest BCUT2D eigenvalue weighted by Gasteiger charge is 2.55. The van der Waals surface area contributed by atoms with E-state index in [0.717, 1.165) is 6.07 Å². The summed E-state index contributed by atoms with van der Waals surface area (Å²) in [6.45, 7) is 14.6. The van der Waals surface area contributed by atoms with E-state index in [-0.39, 0.29) is 54.0 Å². The fourth-order valence-electron chi connectivity index (χ4n) is 7.67. The Labute approximate surface area is 265 Å². The fraction of sp³-hybridized carbons (Fsp3) is 0.788. The van der Waals surface area contributed by atoms with Crippen molar-refractivity contribution in [3.05, 3.63) is 37.4 Å². The second-order valence-electron chi connectivity index (χ2n) is 13.6. The first kappa shape index (κ1) is 36.8. The number of rotatable bonds is 14. The Morgan fingerprint density at radius 2 is 1.78 bits per heavy atom. The number of carbonyl (C=O) groups excluding carboxylic acids is 1. The number of aryl methyl sites for hydroxylation is 1. The number of carbonyl (C=O) groups is 1. The number of aliphatic hydroxyl groups is 2. The lowest BCUT2D eigenvalue weighted by Crippen LogP contribution is -2.55. The molecule has 2 heterocycles. The summed E-state index contributed by atoms with van der Waals surface area (Å²) in [5.74, 6) is -2.48. The van der Waals surface area contributed by atoms with Crippen LogP contribution in [0.25, 0.3) is 0 Å². The van der Waals surface area contributed by atoms with E-state index < -0.39 is 62.0 Å². The Morgan fingerprint density at radius 3 is 2.29 bits per heavy atom. The number of nitro benzene ring substituents is 2. The van der Waals surface area contributed by atoms with E-state index in [1.807, 2.05) is 20.8 Å². The van der Waals surface area contributed by atoms with Gasteiger partial charge in [-0.05, 0) is 77.0 Å². The van der Waals surface area contributed by atoms with Crippen LogP contribution in [0.15, 0.2) is 6.07 Å². The summed E-state index contributed by atoms with van der Waals surface area (Å²) >= 11 is 0. The maximum Gasteiger partial charge on any atom is 0.321 e. The zero-order valence-corrected chi connectivity index (χ0v) is 27.9. The van der Waals surface area contributed by atoms with Gasteiger partial charge in [-0.25, -0.2) is 0 Å². The molecule has 0 radical (unpaired) electrons. The summed E-state index contributed by atoms with van der Waals surface area (Å²) in [6, 6.07) is 1.11. The first-order chi connectivity index (χ1) is 21.0. The molecular formula is C33H52N2O10. The van der Waals surface area contributed by atoms with Crippen LogP contribution >= 0.6 is 0 Å². The number of phenolic OH excluding ortho intramolecular Hbond substituents is 1. The first-order valence-corrected chi connectivity index (χ1v) is 16.4. The molecule has 1 aromatic carbocycles. The molecule has 0 spiro atoms.